The van der Waals surface area contributed by atoms with E-state index in [1.165, 1.54) is 24.3 Å². The van der Waals surface area contributed by atoms with Crippen LogP contribution in [0.1, 0.15) is 26.3 Å². The normalized spacial score (nSPS) is 10.3. The molecule has 6 heteroatoms. The lowest BCUT2D eigenvalue weighted by Gasteiger charge is -2.03. The number of benzene rings is 2. The van der Waals surface area contributed by atoms with Crippen LogP contribution in [0.5, 0.6) is 0 Å². The number of carbonyl (C=O) groups is 4. The molecule has 0 saturated carbocycles. The van der Waals surface area contributed by atoms with Crippen LogP contribution in [-0.2, 0) is 20.7 Å². The lowest BCUT2D eigenvalue weighted by Crippen LogP contribution is -2.24. The lowest BCUT2D eigenvalue weighted by atomic mass is 10.1. The van der Waals surface area contributed by atoms with Gasteiger partial charge in [0.05, 0.1) is 5.56 Å². The topological polar surface area (TPSA) is 89.5 Å². The van der Waals surface area contributed by atoms with Crippen LogP contribution in [0.4, 0.5) is 0 Å². The van der Waals surface area contributed by atoms with E-state index in [0.717, 1.165) is 17.7 Å². The average molecular weight is 351 g/mol. The molecule has 0 radical (unpaired) electrons. The third-order valence-electron chi connectivity index (χ3n) is 3.38. The first-order valence-electron chi connectivity index (χ1n) is 7.89. The second-order valence-electron chi connectivity index (χ2n) is 5.31. The average Bonchev–Trinajstić information content (AvgIpc) is 2.67. The molecule has 132 valence electrons. The Morgan fingerprint density at radius 3 is 2.46 bits per heavy atom. The molecule has 2 aromatic carbocycles. The molecule has 0 aliphatic rings. The minimum Gasteiger partial charge on any atom is -0.386 e. The van der Waals surface area contributed by atoms with E-state index in [9.17, 15) is 19.2 Å². The Kier molecular flexibility index (Phi) is 7.00. The minimum atomic E-state index is -0.968. The first-order valence-corrected chi connectivity index (χ1v) is 7.89. The highest BCUT2D eigenvalue weighted by molar-refractivity contribution is 6.02. The van der Waals surface area contributed by atoms with Gasteiger partial charge in [0, 0.05) is 24.3 Å². The van der Waals surface area contributed by atoms with E-state index in [2.05, 4.69) is 10.1 Å². The second kappa shape index (κ2) is 9.68. The fraction of sp³-hybridized carbons (Fsp3) is 0.100. The van der Waals surface area contributed by atoms with Gasteiger partial charge in [0.1, 0.15) is 6.29 Å². The summed E-state index contributed by atoms with van der Waals surface area (Å²) in [5, 5.41) is 2.63. The molecule has 0 spiro atoms. The minimum absolute atomic E-state index is 0.0728. The number of nitrogens with one attached hydrogen (secondary N) is 1. The van der Waals surface area contributed by atoms with Gasteiger partial charge < -0.3 is 10.1 Å². The number of hydrogen-bond acceptors (Lipinski definition) is 5. The van der Waals surface area contributed by atoms with Gasteiger partial charge in [0.25, 0.3) is 0 Å². The van der Waals surface area contributed by atoms with Crippen molar-refractivity contribution in [2.24, 2.45) is 0 Å². The van der Waals surface area contributed by atoms with E-state index in [-0.39, 0.29) is 5.56 Å². The molecular weight excluding hydrogens is 334 g/mol. The molecule has 0 saturated heterocycles. The third-order valence-corrected chi connectivity index (χ3v) is 3.38. The van der Waals surface area contributed by atoms with Crippen molar-refractivity contribution in [3.05, 3.63) is 83.4 Å². The quantitative estimate of drug-likeness (QED) is 0.357. The molecule has 26 heavy (non-hydrogen) atoms. The first-order chi connectivity index (χ1) is 12.6. The molecule has 0 atom stereocenters. The highest BCUT2D eigenvalue weighted by atomic mass is 16.6. The predicted octanol–water partition coefficient (Wildman–Crippen LogP) is 2.10. The summed E-state index contributed by atoms with van der Waals surface area (Å²) in [5.41, 5.74) is 1.45. The molecule has 0 aliphatic heterocycles. The standard InChI is InChI=1S/C20H17NO5/c22-14-16-7-4-8-17(13-16)20(25)26-19(24)10-9-18(23)21-12-11-15-5-2-1-3-6-15/h1-10,13-14H,11-12H2,(H,21,23). The second-order valence-corrected chi connectivity index (χ2v) is 5.31. The third kappa shape index (κ3) is 6.16. The van der Waals surface area contributed by atoms with Gasteiger partial charge in [-0.15, -0.1) is 0 Å². The predicted molar refractivity (Wildman–Crippen MR) is 94.5 cm³/mol. The van der Waals surface area contributed by atoms with Crippen LogP contribution >= 0.6 is 0 Å². The van der Waals surface area contributed by atoms with Crippen molar-refractivity contribution in [3.8, 4) is 0 Å². The summed E-state index contributed by atoms with van der Waals surface area (Å²) in [6, 6.07) is 15.4. The molecule has 6 nitrogen and oxygen atoms in total. The van der Waals surface area contributed by atoms with E-state index >= 15 is 0 Å². The molecule has 2 rings (SSSR count). The van der Waals surface area contributed by atoms with Crippen molar-refractivity contribution in [1.82, 2.24) is 5.32 Å². The molecule has 0 heterocycles. The molecule has 0 aliphatic carbocycles. The van der Waals surface area contributed by atoms with Gasteiger partial charge in [-0.05, 0) is 24.1 Å². The summed E-state index contributed by atoms with van der Waals surface area (Å²) >= 11 is 0. The lowest BCUT2D eigenvalue weighted by molar-refractivity contribution is -0.132. The molecule has 1 amide bonds. The number of amides is 1. The zero-order chi connectivity index (χ0) is 18.8. The number of hydrogen-bond donors (Lipinski definition) is 1. The Balaban J connectivity index is 1.77. The van der Waals surface area contributed by atoms with Crippen LogP contribution < -0.4 is 5.32 Å². The maximum Gasteiger partial charge on any atom is 0.346 e. The Bertz CT molecular complexity index is 827. The van der Waals surface area contributed by atoms with E-state index in [1.54, 1.807) is 0 Å². The molecule has 0 bridgehead atoms. The van der Waals surface area contributed by atoms with Gasteiger partial charge in [-0.2, -0.15) is 0 Å². The van der Waals surface area contributed by atoms with Crippen molar-refractivity contribution in [2.45, 2.75) is 6.42 Å². The number of ether oxygens (including phenoxy) is 1. The van der Waals surface area contributed by atoms with Crippen LogP contribution in [0.2, 0.25) is 0 Å². The SMILES string of the molecule is O=Cc1cccc(C(=O)OC(=O)C=CC(=O)NCCc2ccccc2)c1. The zero-order valence-electron chi connectivity index (χ0n) is 13.9. The fourth-order valence-corrected chi connectivity index (χ4v) is 2.10. The van der Waals surface area contributed by atoms with Crippen molar-refractivity contribution in [2.75, 3.05) is 6.54 Å². The summed E-state index contributed by atoms with van der Waals surface area (Å²) in [7, 11) is 0. The monoisotopic (exact) mass is 351 g/mol. The van der Waals surface area contributed by atoms with Gasteiger partial charge in [-0.1, -0.05) is 42.5 Å². The maximum absolute atomic E-state index is 11.8. The summed E-state index contributed by atoms with van der Waals surface area (Å²) < 4.78 is 4.60. The van der Waals surface area contributed by atoms with Crippen molar-refractivity contribution in [1.29, 1.82) is 0 Å². The number of rotatable bonds is 7. The largest absolute Gasteiger partial charge is 0.386 e. The maximum atomic E-state index is 11.8. The fourth-order valence-electron chi connectivity index (χ4n) is 2.10. The zero-order valence-corrected chi connectivity index (χ0v) is 13.9. The molecule has 0 unspecified atom stereocenters. The van der Waals surface area contributed by atoms with Crippen molar-refractivity contribution >= 4 is 24.1 Å². The van der Waals surface area contributed by atoms with Crippen LogP contribution in [0.25, 0.3) is 0 Å². The summed E-state index contributed by atoms with van der Waals surface area (Å²) in [6.45, 7) is 0.416. The van der Waals surface area contributed by atoms with Crippen LogP contribution in [0.15, 0.2) is 66.7 Å². The van der Waals surface area contributed by atoms with Crippen LogP contribution in [-0.4, -0.2) is 30.7 Å². The van der Waals surface area contributed by atoms with Crippen LogP contribution in [0, 0.1) is 0 Å². The van der Waals surface area contributed by atoms with E-state index in [4.69, 9.17) is 0 Å². The smallest absolute Gasteiger partial charge is 0.346 e. The Hall–Kier alpha value is -3.54. The number of esters is 2. The van der Waals surface area contributed by atoms with Gasteiger partial charge >= 0.3 is 11.9 Å². The molecule has 0 fully saturated rings. The summed E-state index contributed by atoms with van der Waals surface area (Å²) in [6.07, 6.45) is 3.12. The summed E-state index contributed by atoms with van der Waals surface area (Å²) in [5.74, 6) is -2.33. The van der Waals surface area contributed by atoms with E-state index in [0.29, 0.717) is 24.8 Å². The Morgan fingerprint density at radius 2 is 1.73 bits per heavy atom. The highest BCUT2D eigenvalue weighted by Crippen LogP contribution is 2.05. The first kappa shape index (κ1) is 18.8. The van der Waals surface area contributed by atoms with Crippen molar-refractivity contribution in [3.63, 3.8) is 0 Å². The van der Waals surface area contributed by atoms with Crippen molar-refractivity contribution < 1.29 is 23.9 Å². The number of aldehydes is 1. The molecular formula is C20H17NO5. The molecule has 0 aromatic heterocycles. The van der Waals surface area contributed by atoms with Gasteiger partial charge in [0.2, 0.25) is 5.91 Å². The van der Waals surface area contributed by atoms with Gasteiger partial charge in [-0.25, -0.2) is 9.59 Å². The summed E-state index contributed by atoms with van der Waals surface area (Å²) in [4.78, 5) is 45.7. The van der Waals surface area contributed by atoms with E-state index in [1.807, 2.05) is 30.3 Å². The molecule has 1 N–H and O–H groups in total. The van der Waals surface area contributed by atoms with Gasteiger partial charge in [0.15, 0.2) is 0 Å². The molecule has 2 aromatic rings. The van der Waals surface area contributed by atoms with E-state index < -0.39 is 17.8 Å². The van der Waals surface area contributed by atoms with Crippen LogP contribution in [0.3, 0.4) is 0 Å². The highest BCUT2D eigenvalue weighted by Gasteiger charge is 2.11. The Morgan fingerprint density at radius 1 is 0.962 bits per heavy atom. The Labute approximate surface area is 150 Å². The van der Waals surface area contributed by atoms with Gasteiger partial charge in [-0.3, -0.25) is 9.59 Å². The number of carbonyl (C=O) groups excluding carboxylic acids is 4.